The Balaban J connectivity index is 4.37. The number of unbranched alkanes of at least 4 members (excludes halogenated alkanes) is 16. The van der Waals surface area contributed by atoms with E-state index in [9.17, 15) is 9.59 Å². The minimum Gasteiger partial charge on any atom is -0.462 e. The topological polar surface area (TPSA) is 61.8 Å². The fourth-order valence-electron chi connectivity index (χ4n) is 6.55. The third-order valence-electron chi connectivity index (χ3n) is 10.3. The summed E-state index contributed by atoms with van der Waals surface area (Å²) in [7, 11) is 0. The second-order valence-electron chi connectivity index (χ2n) is 16.3. The number of allylic oxidation sites excluding steroid dienone is 18. The number of hydrogen-bond acceptors (Lipinski definition) is 5. The summed E-state index contributed by atoms with van der Waals surface area (Å²) in [5.41, 5.74) is 0. The van der Waals surface area contributed by atoms with Crippen molar-refractivity contribution >= 4 is 11.9 Å². The second-order valence-corrected chi connectivity index (χ2v) is 16.3. The van der Waals surface area contributed by atoms with Crippen LogP contribution in [-0.2, 0) is 23.8 Å². The summed E-state index contributed by atoms with van der Waals surface area (Å²) in [6, 6.07) is 0. The summed E-state index contributed by atoms with van der Waals surface area (Å²) in [5, 5.41) is 0. The van der Waals surface area contributed by atoms with Crippen molar-refractivity contribution in [1.82, 2.24) is 0 Å². The van der Waals surface area contributed by atoms with Gasteiger partial charge in [-0.25, -0.2) is 0 Å². The van der Waals surface area contributed by atoms with Crippen LogP contribution in [0.4, 0.5) is 0 Å². The summed E-state index contributed by atoms with van der Waals surface area (Å²) in [6.07, 6.45) is 70.9. The molecule has 0 aliphatic carbocycles. The maximum Gasteiger partial charge on any atom is 0.306 e. The molecule has 0 aromatic rings. The lowest BCUT2D eigenvalue weighted by Gasteiger charge is -2.18. The fraction of sp³-hybridized carbons (Fsp3) is 0.649. The summed E-state index contributed by atoms with van der Waals surface area (Å²) in [6.45, 7) is 7.46. The van der Waals surface area contributed by atoms with Gasteiger partial charge >= 0.3 is 11.9 Å². The van der Waals surface area contributed by atoms with Gasteiger partial charge in [0, 0.05) is 19.4 Å². The Bertz CT molecular complexity index is 1250. The first-order valence-corrected chi connectivity index (χ1v) is 25.4. The normalized spacial score (nSPS) is 13.1. The molecule has 0 aromatic carbocycles. The van der Waals surface area contributed by atoms with Crippen LogP contribution in [0, 0.1) is 0 Å². The van der Waals surface area contributed by atoms with E-state index in [0.717, 1.165) is 135 Å². The van der Waals surface area contributed by atoms with Crippen molar-refractivity contribution in [3.63, 3.8) is 0 Å². The number of carbonyl (C=O) groups is 2. The number of carbonyl (C=O) groups excluding carboxylic acids is 2. The van der Waals surface area contributed by atoms with Crippen LogP contribution in [0.3, 0.4) is 0 Å². The van der Waals surface area contributed by atoms with Gasteiger partial charge in [0.1, 0.15) is 6.61 Å². The zero-order valence-electron chi connectivity index (χ0n) is 40.3. The Morgan fingerprint density at radius 3 is 1.16 bits per heavy atom. The Kier molecular flexibility index (Phi) is 49.0. The third-order valence-corrected chi connectivity index (χ3v) is 10.3. The highest BCUT2D eigenvalue weighted by Gasteiger charge is 2.17. The Morgan fingerprint density at radius 1 is 0.371 bits per heavy atom. The van der Waals surface area contributed by atoms with Gasteiger partial charge in [-0.1, -0.05) is 194 Å². The van der Waals surface area contributed by atoms with Gasteiger partial charge in [-0.3, -0.25) is 9.59 Å². The SMILES string of the molecule is CC/C=C\C/C=C\C/C=C\C/C=C\CCCCCCC(=O)OCC(COCCCCCCCC/C=C\C/C=C\C/C=C\CC)OC(=O)CCCCCCC/C=C\C/C=C\CCC. The quantitative estimate of drug-likeness (QED) is 0.0347. The van der Waals surface area contributed by atoms with Crippen molar-refractivity contribution in [3.8, 4) is 0 Å². The first-order valence-electron chi connectivity index (χ1n) is 25.4. The van der Waals surface area contributed by atoms with Crippen LogP contribution in [-0.4, -0.2) is 37.9 Å². The van der Waals surface area contributed by atoms with E-state index in [1.807, 2.05) is 0 Å². The van der Waals surface area contributed by atoms with Gasteiger partial charge in [0.2, 0.25) is 0 Å². The van der Waals surface area contributed by atoms with Crippen molar-refractivity contribution in [2.24, 2.45) is 0 Å². The summed E-state index contributed by atoms with van der Waals surface area (Å²) >= 11 is 0. The predicted octanol–water partition coefficient (Wildman–Crippen LogP) is 17.2. The monoisotopic (exact) mass is 859 g/mol. The Labute approximate surface area is 383 Å². The smallest absolute Gasteiger partial charge is 0.306 e. The van der Waals surface area contributed by atoms with E-state index in [1.54, 1.807) is 0 Å². The molecule has 0 saturated carbocycles. The Hall–Kier alpha value is -3.44. The molecule has 0 heterocycles. The van der Waals surface area contributed by atoms with E-state index in [4.69, 9.17) is 14.2 Å². The van der Waals surface area contributed by atoms with E-state index in [1.165, 1.54) is 44.9 Å². The summed E-state index contributed by atoms with van der Waals surface area (Å²) < 4.78 is 17.4. The van der Waals surface area contributed by atoms with Crippen LogP contribution in [0.5, 0.6) is 0 Å². The standard InChI is InChI=1S/C57H94O5/c1-4-7-10-13-16-19-22-25-27-29-30-33-35-38-41-44-47-50-56(58)61-54-55(62-57(59)51-48-45-42-39-36-32-24-21-18-15-12-9-6-3)53-60-52-49-46-43-40-37-34-31-28-26-23-20-17-14-11-8-5-2/h7-8,10-12,15-17,19-21,24-28,30,33,55H,4-6,9,13-14,18,22-23,29,31-32,34-54H2,1-3H3/b10-7-,11-8-,15-12-,19-16-,20-17-,24-21-,27-25-,28-26-,33-30-. The fourth-order valence-corrected chi connectivity index (χ4v) is 6.55. The highest BCUT2D eigenvalue weighted by molar-refractivity contribution is 5.70. The zero-order valence-corrected chi connectivity index (χ0v) is 40.3. The van der Waals surface area contributed by atoms with Gasteiger partial charge in [0.05, 0.1) is 6.61 Å². The predicted molar refractivity (Wildman–Crippen MR) is 269 cm³/mol. The van der Waals surface area contributed by atoms with Gasteiger partial charge in [-0.2, -0.15) is 0 Å². The first-order chi connectivity index (χ1) is 30.6. The minimum absolute atomic E-state index is 0.0549. The highest BCUT2D eigenvalue weighted by Crippen LogP contribution is 2.12. The van der Waals surface area contributed by atoms with Gasteiger partial charge in [-0.05, 0) is 116 Å². The maximum absolute atomic E-state index is 12.8. The Morgan fingerprint density at radius 2 is 0.726 bits per heavy atom. The molecule has 0 radical (unpaired) electrons. The molecule has 5 nitrogen and oxygen atoms in total. The van der Waals surface area contributed by atoms with Gasteiger partial charge < -0.3 is 14.2 Å². The molecule has 0 aliphatic rings. The molecule has 0 aromatic heterocycles. The molecule has 0 N–H and O–H groups in total. The van der Waals surface area contributed by atoms with Crippen LogP contribution in [0.1, 0.15) is 213 Å². The maximum atomic E-state index is 12.8. The lowest BCUT2D eigenvalue weighted by Crippen LogP contribution is -2.30. The number of esters is 2. The average Bonchev–Trinajstić information content (AvgIpc) is 3.27. The van der Waals surface area contributed by atoms with E-state index in [0.29, 0.717) is 19.4 Å². The first kappa shape index (κ1) is 58.6. The zero-order chi connectivity index (χ0) is 44.9. The van der Waals surface area contributed by atoms with E-state index in [-0.39, 0.29) is 25.2 Å². The van der Waals surface area contributed by atoms with E-state index >= 15 is 0 Å². The molecular formula is C57H94O5. The molecule has 0 amide bonds. The summed E-state index contributed by atoms with van der Waals surface area (Å²) in [5.74, 6) is -0.455. The molecule has 0 rings (SSSR count). The molecule has 0 spiro atoms. The minimum atomic E-state index is -0.567. The molecule has 1 unspecified atom stereocenters. The second kappa shape index (κ2) is 51.9. The molecule has 1 atom stereocenters. The van der Waals surface area contributed by atoms with Crippen LogP contribution < -0.4 is 0 Å². The molecule has 62 heavy (non-hydrogen) atoms. The van der Waals surface area contributed by atoms with E-state index < -0.39 is 6.10 Å². The van der Waals surface area contributed by atoms with Crippen LogP contribution in [0.2, 0.25) is 0 Å². The molecule has 0 saturated heterocycles. The number of rotatable bonds is 45. The third kappa shape index (κ3) is 49.2. The van der Waals surface area contributed by atoms with Gasteiger partial charge in [-0.15, -0.1) is 0 Å². The van der Waals surface area contributed by atoms with Gasteiger partial charge in [0.25, 0.3) is 0 Å². The lowest BCUT2D eigenvalue weighted by molar-refractivity contribution is -0.163. The molecule has 0 bridgehead atoms. The van der Waals surface area contributed by atoms with Crippen molar-refractivity contribution < 1.29 is 23.8 Å². The molecule has 352 valence electrons. The largest absolute Gasteiger partial charge is 0.462 e. The van der Waals surface area contributed by atoms with Crippen molar-refractivity contribution in [2.45, 2.75) is 219 Å². The molecule has 5 heteroatoms. The van der Waals surface area contributed by atoms with Crippen molar-refractivity contribution in [2.75, 3.05) is 19.8 Å². The van der Waals surface area contributed by atoms with Crippen LogP contribution in [0.25, 0.3) is 0 Å². The molecule has 0 aliphatic heterocycles. The number of hydrogen-bond donors (Lipinski definition) is 0. The summed E-state index contributed by atoms with van der Waals surface area (Å²) in [4.78, 5) is 25.4. The molecule has 0 fully saturated rings. The highest BCUT2D eigenvalue weighted by atomic mass is 16.6. The van der Waals surface area contributed by atoms with Crippen molar-refractivity contribution in [1.29, 1.82) is 0 Å². The van der Waals surface area contributed by atoms with Crippen LogP contribution in [0.15, 0.2) is 109 Å². The molecular weight excluding hydrogens is 765 g/mol. The number of ether oxygens (including phenoxy) is 3. The van der Waals surface area contributed by atoms with Crippen molar-refractivity contribution in [3.05, 3.63) is 109 Å². The lowest BCUT2D eigenvalue weighted by atomic mass is 10.1. The van der Waals surface area contributed by atoms with Crippen LogP contribution >= 0.6 is 0 Å². The average molecular weight is 859 g/mol. The van der Waals surface area contributed by atoms with E-state index in [2.05, 4.69) is 130 Å². The van der Waals surface area contributed by atoms with Gasteiger partial charge in [0.15, 0.2) is 6.10 Å².